The fourth-order valence-corrected chi connectivity index (χ4v) is 2.58. The van der Waals surface area contributed by atoms with Gasteiger partial charge in [-0.2, -0.15) is 0 Å². The van der Waals surface area contributed by atoms with Crippen LogP contribution in [0, 0.1) is 0 Å². The summed E-state index contributed by atoms with van der Waals surface area (Å²) in [7, 11) is 2.15. The maximum absolute atomic E-state index is 9.36. The lowest BCUT2D eigenvalue weighted by Gasteiger charge is -2.34. The molecule has 0 bridgehead atoms. The zero-order valence-electron chi connectivity index (χ0n) is 12.9. The van der Waals surface area contributed by atoms with Gasteiger partial charge in [-0.3, -0.25) is 0 Å². The average molecular weight is 321 g/mol. The van der Waals surface area contributed by atoms with Crippen LogP contribution in [0.5, 0.6) is 5.75 Å². The second kappa shape index (κ2) is 8.18. The first-order valence-electron chi connectivity index (χ1n) is 7.48. The number of rotatable bonds is 8. The Morgan fingerprint density at radius 3 is 2.32 bits per heavy atom. The summed E-state index contributed by atoms with van der Waals surface area (Å²) in [6, 6.07) is 17.7. The molecule has 2 aromatic rings. The van der Waals surface area contributed by atoms with E-state index in [1.807, 2.05) is 42.5 Å². The van der Waals surface area contributed by atoms with E-state index in [1.54, 1.807) is 0 Å². The quantitative estimate of drug-likeness (QED) is 0.756. The first kappa shape index (κ1) is 16.8. The first-order chi connectivity index (χ1) is 10.6. The Hall–Kier alpha value is -1.55. The van der Waals surface area contributed by atoms with Gasteiger partial charge in [-0.25, -0.2) is 0 Å². The predicted molar refractivity (Wildman–Crippen MR) is 90.1 cm³/mol. The van der Waals surface area contributed by atoms with Crippen LogP contribution in [0.3, 0.4) is 0 Å². The smallest absolute Gasteiger partial charge is 0.137 e. The summed E-state index contributed by atoms with van der Waals surface area (Å²) in [6.45, 7) is 3.19. The second-order valence-corrected chi connectivity index (χ2v) is 6.17. The molecule has 2 aromatic carbocycles. The van der Waals surface area contributed by atoms with Gasteiger partial charge in [0, 0.05) is 10.6 Å². The lowest BCUT2D eigenvalue weighted by atomic mass is 10.2. The van der Waals surface area contributed by atoms with E-state index in [-0.39, 0.29) is 6.61 Å². The van der Waals surface area contributed by atoms with Gasteiger partial charge in [-0.05, 0) is 24.3 Å². The SMILES string of the molecule is C[N@@+](CCO)(CCOc1ccc(Cl)cc1)Cc1ccccc1. The normalized spacial score (nSPS) is 13.6. The molecule has 3 nitrogen and oxygen atoms in total. The Morgan fingerprint density at radius 2 is 1.68 bits per heavy atom. The predicted octanol–water partition coefficient (Wildman–Crippen LogP) is 3.36. The summed E-state index contributed by atoms with van der Waals surface area (Å²) in [5.41, 5.74) is 1.27. The first-order valence-corrected chi connectivity index (χ1v) is 7.86. The van der Waals surface area contributed by atoms with E-state index in [0.29, 0.717) is 18.2 Å². The van der Waals surface area contributed by atoms with Crippen molar-refractivity contribution in [2.75, 3.05) is 33.4 Å². The third kappa shape index (κ3) is 5.34. The fourth-order valence-electron chi connectivity index (χ4n) is 2.45. The molecule has 0 aliphatic rings. The minimum atomic E-state index is 0.171. The second-order valence-electron chi connectivity index (χ2n) is 5.74. The molecule has 1 atom stereocenters. The van der Waals surface area contributed by atoms with Crippen molar-refractivity contribution in [1.82, 2.24) is 0 Å². The van der Waals surface area contributed by atoms with Crippen LogP contribution in [-0.2, 0) is 6.54 Å². The van der Waals surface area contributed by atoms with E-state index < -0.39 is 0 Å². The van der Waals surface area contributed by atoms with E-state index in [4.69, 9.17) is 16.3 Å². The third-order valence-corrected chi connectivity index (χ3v) is 4.01. The van der Waals surface area contributed by atoms with Gasteiger partial charge in [0.1, 0.15) is 32.0 Å². The summed E-state index contributed by atoms with van der Waals surface area (Å²) in [6.07, 6.45) is 0. The monoisotopic (exact) mass is 320 g/mol. The number of benzene rings is 2. The molecular weight excluding hydrogens is 298 g/mol. The van der Waals surface area contributed by atoms with Gasteiger partial charge >= 0.3 is 0 Å². The number of nitrogens with zero attached hydrogens (tertiary/aromatic N) is 1. The van der Waals surface area contributed by atoms with Gasteiger partial charge in [-0.1, -0.05) is 41.9 Å². The number of quaternary nitrogens is 1. The van der Waals surface area contributed by atoms with E-state index in [1.165, 1.54) is 5.56 Å². The molecule has 2 rings (SSSR count). The van der Waals surface area contributed by atoms with Gasteiger partial charge in [-0.15, -0.1) is 0 Å². The maximum Gasteiger partial charge on any atom is 0.137 e. The van der Waals surface area contributed by atoms with Crippen molar-refractivity contribution in [3.63, 3.8) is 0 Å². The van der Waals surface area contributed by atoms with Crippen molar-refractivity contribution in [2.24, 2.45) is 0 Å². The van der Waals surface area contributed by atoms with Crippen molar-refractivity contribution < 1.29 is 14.3 Å². The molecule has 0 fully saturated rings. The Balaban J connectivity index is 1.91. The van der Waals surface area contributed by atoms with E-state index in [0.717, 1.165) is 23.3 Å². The van der Waals surface area contributed by atoms with Gasteiger partial charge < -0.3 is 14.3 Å². The number of aliphatic hydroxyl groups excluding tert-OH is 1. The largest absolute Gasteiger partial charge is 0.488 e. The molecule has 0 unspecified atom stereocenters. The molecule has 0 spiro atoms. The summed E-state index contributed by atoms with van der Waals surface area (Å²) in [5, 5.41) is 10.1. The molecule has 1 N–H and O–H groups in total. The zero-order chi connectivity index (χ0) is 15.8. The molecule has 0 aromatic heterocycles. The molecule has 0 aliphatic carbocycles. The number of aliphatic hydroxyl groups is 1. The highest BCUT2D eigenvalue weighted by atomic mass is 35.5. The lowest BCUT2D eigenvalue weighted by Crippen LogP contribution is -2.47. The van der Waals surface area contributed by atoms with Crippen molar-refractivity contribution >= 4 is 11.6 Å². The highest BCUT2D eigenvalue weighted by Gasteiger charge is 2.21. The van der Waals surface area contributed by atoms with Gasteiger partial charge in [0.15, 0.2) is 0 Å². The van der Waals surface area contributed by atoms with Crippen LogP contribution in [0.4, 0.5) is 0 Å². The zero-order valence-corrected chi connectivity index (χ0v) is 13.7. The van der Waals surface area contributed by atoms with Crippen LogP contribution in [-0.4, -0.2) is 42.9 Å². The van der Waals surface area contributed by atoms with Crippen LogP contribution < -0.4 is 4.74 Å². The standard InChI is InChI=1S/C18H23ClNO2/c1-20(11-13-21,15-16-5-3-2-4-6-16)12-14-22-18-9-7-17(19)8-10-18/h2-10,21H,11-15H2,1H3/q+1/t20-/m1/s1. The van der Waals surface area contributed by atoms with Crippen molar-refractivity contribution in [1.29, 1.82) is 0 Å². The number of ether oxygens (including phenoxy) is 1. The Kier molecular flexibility index (Phi) is 6.25. The van der Waals surface area contributed by atoms with E-state index in [9.17, 15) is 5.11 Å². The van der Waals surface area contributed by atoms with Crippen LogP contribution in [0.1, 0.15) is 5.56 Å². The number of halogens is 1. The van der Waals surface area contributed by atoms with Crippen LogP contribution in [0.2, 0.25) is 5.02 Å². The molecule has 4 heteroatoms. The summed E-state index contributed by atoms with van der Waals surface area (Å²) in [5.74, 6) is 0.819. The number of hydrogen-bond acceptors (Lipinski definition) is 2. The Bertz CT molecular complexity index is 559. The maximum atomic E-state index is 9.36. The molecule has 0 saturated heterocycles. The van der Waals surface area contributed by atoms with Gasteiger partial charge in [0.05, 0.1) is 13.7 Å². The molecule has 0 aliphatic heterocycles. The molecule has 0 radical (unpaired) electrons. The number of likely N-dealkylation sites (N-methyl/N-ethyl adjacent to an activating group) is 1. The topological polar surface area (TPSA) is 29.5 Å². The van der Waals surface area contributed by atoms with Crippen molar-refractivity contribution in [3.8, 4) is 5.75 Å². The molecule has 0 amide bonds. The molecule has 0 saturated carbocycles. The summed E-state index contributed by atoms with van der Waals surface area (Å²) in [4.78, 5) is 0. The van der Waals surface area contributed by atoms with Crippen LogP contribution >= 0.6 is 11.6 Å². The minimum Gasteiger partial charge on any atom is -0.488 e. The van der Waals surface area contributed by atoms with Crippen molar-refractivity contribution in [3.05, 3.63) is 65.2 Å². The molecular formula is C18H23ClNO2+. The minimum absolute atomic E-state index is 0.171. The lowest BCUT2D eigenvalue weighted by molar-refractivity contribution is -0.922. The van der Waals surface area contributed by atoms with Gasteiger partial charge in [0.2, 0.25) is 0 Å². The Labute approximate surface area is 137 Å². The summed E-state index contributed by atoms with van der Waals surface area (Å²) >= 11 is 5.86. The van der Waals surface area contributed by atoms with E-state index >= 15 is 0 Å². The fraction of sp³-hybridized carbons (Fsp3) is 0.333. The van der Waals surface area contributed by atoms with Crippen LogP contribution in [0.25, 0.3) is 0 Å². The van der Waals surface area contributed by atoms with Crippen LogP contribution in [0.15, 0.2) is 54.6 Å². The third-order valence-electron chi connectivity index (χ3n) is 3.76. The molecule has 118 valence electrons. The van der Waals surface area contributed by atoms with Crippen molar-refractivity contribution in [2.45, 2.75) is 6.54 Å². The molecule has 22 heavy (non-hydrogen) atoms. The van der Waals surface area contributed by atoms with Gasteiger partial charge in [0.25, 0.3) is 0 Å². The highest BCUT2D eigenvalue weighted by molar-refractivity contribution is 6.30. The van der Waals surface area contributed by atoms with E-state index in [2.05, 4.69) is 19.2 Å². The number of hydrogen-bond donors (Lipinski definition) is 1. The highest BCUT2D eigenvalue weighted by Crippen LogP contribution is 2.16. The Morgan fingerprint density at radius 1 is 1.00 bits per heavy atom. The molecule has 0 heterocycles. The average Bonchev–Trinajstić information content (AvgIpc) is 2.50. The summed E-state index contributed by atoms with van der Waals surface area (Å²) < 4.78 is 6.53.